The van der Waals surface area contributed by atoms with E-state index in [4.69, 9.17) is 15.2 Å². The molecule has 84 valence electrons. The number of ether oxygens (including phenoxy) is 2. The van der Waals surface area contributed by atoms with Crippen LogP contribution in [0.25, 0.3) is 0 Å². The number of primary amides is 1. The smallest absolute Gasteiger partial charge is 0.405 e. The first-order valence-corrected chi connectivity index (χ1v) is 4.75. The number of hydrogen-bond acceptors (Lipinski definition) is 3. The lowest BCUT2D eigenvalue weighted by Crippen LogP contribution is -2.33. The van der Waals surface area contributed by atoms with E-state index in [9.17, 15) is 4.79 Å². The highest BCUT2D eigenvalue weighted by molar-refractivity contribution is 5.65. The first kappa shape index (κ1) is 13.2. The molecule has 0 fully saturated rings. The van der Waals surface area contributed by atoms with Crippen molar-refractivity contribution in [1.29, 1.82) is 0 Å². The van der Waals surface area contributed by atoms with Crippen LogP contribution in [0.2, 0.25) is 0 Å². The van der Waals surface area contributed by atoms with Gasteiger partial charge in [-0.1, -0.05) is 0 Å². The maximum atomic E-state index is 10.5. The summed E-state index contributed by atoms with van der Waals surface area (Å²) in [5.41, 5.74) is 4.21. The Morgan fingerprint density at radius 3 is 2.07 bits per heavy atom. The topological polar surface area (TPSA) is 61.6 Å². The van der Waals surface area contributed by atoms with E-state index in [-0.39, 0.29) is 5.60 Å². The molecule has 0 rings (SSSR count). The lowest BCUT2D eigenvalue weighted by molar-refractivity contribution is -0.0387. The Morgan fingerprint density at radius 2 is 1.71 bits per heavy atom. The van der Waals surface area contributed by atoms with Crippen molar-refractivity contribution in [2.45, 2.75) is 52.2 Å². The SMILES string of the molecule is CC(C)(C)OCCC(C)(C)OC(N)=O. The van der Waals surface area contributed by atoms with Crippen LogP contribution in [0.1, 0.15) is 41.0 Å². The zero-order chi connectivity index (χ0) is 11.4. The fourth-order valence-corrected chi connectivity index (χ4v) is 0.926. The van der Waals surface area contributed by atoms with Crippen molar-refractivity contribution < 1.29 is 14.3 Å². The molecular formula is C10H21NO3. The Kier molecular flexibility index (Phi) is 4.39. The van der Waals surface area contributed by atoms with Crippen LogP contribution in [-0.4, -0.2) is 23.9 Å². The monoisotopic (exact) mass is 203 g/mol. The predicted molar refractivity (Wildman–Crippen MR) is 55.1 cm³/mol. The van der Waals surface area contributed by atoms with E-state index in [0.29, 0.717) is 13.0 Å². The van der Waals surface area contributed by atoms with Crippen molar-refractivity contribution in [1.82, 2.24) is 0 Å². The van der Waals surface area contributed by atoms with Gasteiger partial charge < -0.3 is 15.2 Å². The van der Waals surface area contributed by atoms with E-state index in [0.717, 1.165) is 0 Å². The summed E-state index contributed by atoms with van der Waals surface area (Å²) in [6.07, 6.45) is -0.113. The van der Waals surface area contributed by atoms with Gasteiger partial charge in [-0.15, -0.1) is 0 Å². The average molecular weight is 203 g/mol. The molecule has 2 N–H and O–H groups in total. The molecule has 0 radical (unpaired) electrons. The van der Waals surface area contributed by atoms with Gasteiger partial charge in [-0.05, 0) is 34.6 Å². The third-order valence-corrected chi connectivity index (χ3v) is 1.62. The quantitative estimate of drug-likeness (QED) is 0.760. The van der Waals surface area contributed by atoms with Gasteiger partial charge in [-0.3, -0.25) is 0 Å². The summed E-state index contributed by atoms with van der Waals surface area (Å²) in [5.74, 6) is 0. The second kappa shape index (κ2) is 4.64. The van der Waals surface area contributed by atoms with E-state index < -0.39 is 11.7 Å². The fraction of sp³-hybridized carbons (Fsp3) is 0.900. The Morgan fingerprint density at radius 1 is 1.21 bits per heavy atom. The average Bonchev–Trinajstić information content (AvgIpc) is 1.78. The van der Waals surface area contributed by atoms with Gasteiger partial charge in [0.1, 0.15) is 5.60 Å². The van der Waals surface area contributed by atoms with E-state index in [1.54, 1.807) is 0 Å². The molecule has 14 heavy (non-hydrogen) atoms. The molecule has 4 nitrogen and oxygen atoms in total. The summed E-state index contributed by atoms with van der Waals surface area (Å²) in [4.78, 5) is 10.5. The second-order valence-electron chi connectivity index (χ2n) is 4.89. The largest absolute Gasteiger partial charge is 0.444 e. The molecule has 0 aliphatic heterocycles. The third-order valence-electron chi connectivity index (χ3n) is 1.62. The van der Waals surface area contributed by atoms with Gasteiger partial charge in [0.25, 0.3) is 0 Å². The van der Waals surface area contributed by atoms with Crippen LogP contribution in [0.5, 0.6) is 0 Å². The summed E-state index contributed by atoms with van der Waals surface area (Å²) in [6.45, 7) is 10.1. The number of amides is 1. The van der Waals surface area contributed by atoms with Crippen LogP contribution in [0.3, 0.4) is 0 Å². The normalized spacial score (nSPS) is 12.6. The van der Waals surface area contributed by atoms with Gasteiger partial charge in [0.05, 0.1) is 12.2 Å². The number of carbonyl (C=O) groups excluding carboxylic acids is 1. The summed E-state index contributed by atoms with van der Waals surface area (Å²) in [6, 6.07) is 0. The zero-order valence-electron chi connectivity index (χ0n) is 9.72. The van der Waals surface area contributed by atoms with Crippen LogP contribution >= 0.6 is 0 Å². The molecule has 0 heterocycles. The number of rotatable bonds is 4. The molecule has 0 unspecified atom stereocenters. The molecule has 0 aromatic rings. The van der Waals surface area contributed by atoms with E-state index >= 15 is 0 Å². The van der Waals surface area contributed by atoms with Gasteiger partial charge in [-0.2, -0.15) is 0 Å². The summed E-state index contributed by atoms with van der Waals surface area (Å²) in [7, 11) is 0. The van der Waals surface area contributed by atoms with Crippen molar-refractivity contribution in [3.8, 4) is 0 Å². The van der Waals surface area contributed by atoms with Crippen molar-refractivity contribution >= 4 is 6.09 Å². The van der Waals surface area contributed by atoms with Crippen LogP contribution in [0.15, 0.2) is 0 Å². The standard InChI is InChI=1S/C10H21NO3/c1-9(2,3)13-7-6-10(4,5)14-8(11)12/h6-7H2,1-5H3,(H2,11,12). The summed E-state index contributed by atoms with van der Waals surface area (Å²) < 4.78 is 10.4. The Bertz CT molecular complexity index is 194. The van der Waals surface area contributed by atoms with E-state index in [2.05, 4.69) is 0 Å². The number of carbonyl (C=O) groups is 1. The predicted octanol–water partition coefficient (Wildman–Crippen LogP) is 2.07. The maximum absolute atomic E-state index is 10.5. The summed E-state index contributed by atoms with van der Waals surface area (Å²) in [5, 5.41) is 0. The van der Waals surface area contributed by atoms with Crippen LogP contribution in [0, 0.1) is 0 Å². The molecule has 0 saturated carbocycles. The lowest BCUT2D eigenvalue weighted by Gasteiger charge is -2.26. The fourth-order valence-electron chi connectivity index (χ4n) is 0.926. The molecule has 0 aromatic carbocycles. The molecule has 0 aliphatic carbocycles. The van der Waals surface area contributed by atoms with Gasteiger partial charge in [0.15, 0.2) is 0 Å². The lowest BCUT2D eigenvalue weighted by atomic mass is 10.1. The molecule has 0 spiro atoms. The van der Waals surface area contributed by atoms with Crippen molar-refractivity contribution in [3.05, 3.63) is 0 Å². The molecule has 0 atom stereocenters. The highest BCUT2D eigenvalue weighted by Crippen LogP contribution is 2.16. The first-order chi connectivity index (χ1) is 6.12. The van der Waals surface area contributed by atoms with Crippen LogP contribution in [0.4, 0.5) is 4.79 Å². The highest BCUT2D eigenvalue weighted by atomic mass is 16.6. The van der Waals surface area contributed by atoms with Crippen LogP contribution in [-0.2, 0) is 9.47 Å². The van der Waals surface area contributed by atoms with Crippen LogP contribution < -0.4 is 5.73 Å². The minimum Gasteiger partial charge on any atom is -0.444 e. The van der Waals surface area contributed by atoms with Crippen molar-refractivity contribution in [3.63, 3.8) is 0 Å². The van der Waals surface area contributed by atoms with Gasteiger partial charge in [-0.25, -0.2) is 4.79 Å². The van der Waals surface area contributed by atoms with Crippen molar-refractivity contribution in [2.75, 3.05) is 6.61 Å². The zero-order valence-corrected chi connectivity index (χ0v) is 9.72. The highest BCUT2D eigenvalue weighted by Gasteiger charge is 2.22. The molecule has 0 aliphatic rings. The molecule has 0 aromatic heterocycles. The van der Waals surface area contributed by atoms with E-state index in [1.165, 1.54) is 0 Å². The minimum atomic E-state index is -0.745. The minimum absolute atomic E-state index is 0.164. The van der Waals surface area contributed by atoms with Crippen molar-refractivity contribution in [2.24, 2.45) is 5.73 Å². The molecule has 4 heteroatoms. The summed E-state index contributed by atoms with van der Waals surface area (Å²) >= 11 is 0. The Balaban J connectivity index is 3.82. The Hall–Kier alpha value is -0.770. The molecule has 1 amide bonds. The second-order valence-corrected chi connectivity index (χ2v) is 4.89. The number of nitrogens with two attached hydrogens (primary N) is 1. The Labute approximate surface area is 85.8 Å². The molecule has 0 saturated heterocycles. The first-order valence-electron chi connectivity index (χ1n) is 4.75. The van der Waals surface area contributed by atoms with Gasteiger partial charge in [0, 0.05) is 6.42 Å². The third kappa shape index (κ3) is 7.86. The van der Waals surface area contributed by atoms with E-state index in [1.807, 2.05) is 34.6 Å². The number of hydrogen-bond donors (Lipinski definition) is 1. The maximum Gasteiger partial charge on any atom is 0.405 e. The van der Waals surface area contributed by atoms with Gasteiger partial charge in [0.2, 0.25) is 0 Å². The molecular weight excluding hydrogens is 182 g/mol. The molecule has 0 bridgehead atoms. The van der Waals surface area contributed by atoms with Gasteiger partial charge >= 0.3 is 6.09 Å².